The van der Waals surface area contributed by atoms with E-state index in [1.54, 1.807) is 7.11 Å². The lowest BCUT2D eigenvalue weighted by atomic mass is 9.66. The predicted molar refractivity (Wildman–Crippen MR) is 58.2 cm³/mol. The zero-order valence-corrected chi connectivity index (χ0v) is 10.5. The number of aliphatic hydroxyl groups is 1. The first-order chi connectivity index (χ1) is 8.02. The van der Waals surface area contributed by atoms with Crippen molar-refractivity contribution in [2.45, 2.75) is 56.6 Å². The third-order valence-electron chi connectivity index (χ3n) is 4.24. The Hall–Kier alpha value is -0.200. The highest BCUT2D eigenvalue weighted by Gasteiger charge is 2.68. The van der Waals surface area contributed by atoms with Gasteiger partial charge in [-0.3, -0.25) is 0 Å². The molecule has 0 aromatic carbocycles. The molecule has 0 amide bonds. The van der Waals surface area contributed by atoms with E-state index in [2.05, 4.69) is 0 Å². The molecule has 1 unspecified atom stereocenters. The molecular weight excluding hydrogens is 224 g/mol. The summed E-state index contributed by atoms with van der Waals surface area (Å²) >= 11 is 0. The Bertz CT molecular complexity index is 316. The van der Waals surface area contributed by atoms with Gasteiger partial charge in [-0.2, -0.15) is 0 Å². The summed E-state index contributed by atoms with van der Waals surface area (Å²) in [5.74, 6) is -0.467. The van der Waals surface area contributed by atoms with E-state index < -0.39 is 17.7 Å². The van der Waals surface area contributed by atoms with Crippen molar-refractivity contribution >= 4 is 0 Å². The molecule has 0 radical (unpaired) electrons. The molecule has 1 N–H and O–H groups in total. The molecule has 2 aliphatic heterocycles. The largest absolute Gasteiger partial charge is 0.396 e. The summed E-state index contributed by atoms with van der Waals surface area (Å²) in [5, 5.41) is 9.40. The fourth-order valence-corrected chi connectivity index (χ4v) is 3.31. The standard InChI is InChI=1S/C12H20O5/c1-11(2)15-8-9(16-11)12(17-10(8)14-3)5-4-7(12)6-13/h7-10,13H,4-6H2,1-3H3/t7-,8-,9?,10+,12+/m0/s1. The van der Waals surface area contributed by atoms with Crippen molar-refractivity contribution in [3.63, 3.8) is 0 Å². The Morgan fingerprint density at radius 2 is 2.06 bits per heavy atom. The van der Waals surface area contributed by atoms with Crippen LogP contribution in [0, 0.1) is 5.92 Å². The fraction of sp³-hybridized carbons (Fsp3) is 1.00. The average molecular weight is 244 g/mol. The van der Waals surface area contributed by atoms with Gasteiger partial charge in [0.15, 0.2) is 12.1 Å². The molecule has 1 aliphatic carbocycles. The van der Waals surface area contributed by atoms with E-state index in [1.165, 1.54) is 0 Å². The average Bonchev–Trinajstić information content (AvgIpc) is 2.69. The van der Waals surface area contributed by atoms with E-state index >= 15 is 0 Å². The molecule has 0 aromatic heterocycles. The monoisotopic (exact) mass is 244 g/mol. The van der Waals surface area contributed by atoms with E-state index in [-0.39, 0.29) is 24.7 Å². The van der Waals surface area contributed by atoms with Crippen LogP contribution in [0.25, 0.3) is 0 Å². The van der Waals surface area contributed by atoms with Crippen LogP contribution in [0.4, 0.5) is 0 Å². The highest BCUT2D eigenvalue weighted by Crippen LogP contribution is 2.55. The van der Waals surface area contributed by atoms with Crippen molar-refractivity contribution in [2.75, 3.05) is 13.7 Å². The lowest BCUT2D eigenvalue weighted by Crippen LogP contribution is -2.57. The first-order valence-corrected chi connectivity index (χ1v) is 6.19. The highest BCUT2D eigenvalue weighted by atomic mass is 16.8. The Morgan fingerprint density at radius 1 is 1.29 bits per heavy atom. The molecule has 0 aromatic rings. The number of hydrogen-bond donors (Lipinski definition) is 1. The predicted octanol–water partition coefficient (Wildman–Crippen LogP) is 0.650. The second-order valence-corrected chi connectivity index (χ2v) is 5.62. The fourth-order valence-electron chi connectivity index (χ4n) is 3.31. The quantitative estimate of drug-likeness (QED) is 0.773. The molecule has 17 heavy (non-hydrogen) atoms. The number of methoxy groups -OCH3 is 1. The third kappa shape index (κ3) is 1.50. The number of ether oxygens (including phenoxy) is 4. The van der Waals surface area contributed by atoms with Crippen LogP contribution >= 0.6 is 0 Å². The maximum atomic E-state index is 9.40. The minimum absolute atomic E-state index is 0.128. The van der Waals surface area contributed by atoms with E-state index in [0.29, 0.717) is 0 Å². The summed E-state index contributed by atoms with van der Waals surface area (Å²) in [7, 11) is 1.61. The normalized spacial score (nSPS) is 51.5. The van der Waals surface area contributed by atoms with Crippen LogP contribution in [-0.2, 0) is 18.9 Å². The molecule has 1 spiro atoms. The molecule has 1 saturated carbocycles. The first kappa shape index (κ1) is 11.9. The minimum Gasteiger partial charge on any atom is -0.396 e. The maximum Gasteiger partial charge on any atom is 0.186 e. The number of fused-ring (bicyclic) bond motifs is 2. The van der Waals surface area contributed by atoms with Gasteiger partial charge in [-0.15, -0.1) is 0 Å². The van der Waals surface area contributed by atoms with E-state index in [1.807, 2.05) is 13.8 Å². The smallest absolute Gasteiger partial charge is 0.186 e. The van der Waals surface area contributed by atoms with Gasteiger partial charge < -0.3 is 24.1 Å². The summed E-state index contributed by atoms with van der Waals surface area (Å²) in [4.78, 5) is 0. The molecule has 3 rings (SSSR count). The van der Waals surface area contributed by atoms with Gasteiger partial charge in [0.2, 0.25) is 0 Å². The van der Waals surface area contributed by atoms with Crippen LogP contribution in [-0.4, -0.2) is 48.7 Å². The molecule has 2 heterocycles. The lowest BCUT2D eigenvalue weighted by Gasteiger charge is -2.48. The summed E-state index contributed by atoms with van der Waals surface area (Å²) in [6.45, 7) is 3.93. The Balaban J connectivity index is 1.88. The zero-order valence-electron chi connectivity index (χ0n) is 10.5. The van der Waals surface area contributed by atoms with Gasteiger partial charge in [0.25, 0.3) is 0 Å². The van der Waals surface area contributed by atoms with Crippen molar-refractivity contribution in [2.24, 2.45) is 5.92 Å². The van der Waals surface area contributed by atoms with Crippen LogP contribution in [0.1, 0.15) is 26.7 Å². The number of hydrogen-bond acceptors (Lipinski definition) is 5. The van der Waals surface area contributed by atoms with Crippen LogP contribution in [0.15, 0.2) is 0 Å². The highest BCUT2D eigenvalue weighted by molar-refractivity contribution is 5.13. The van der Waals surface area contributed by atoms with E-state index in [4.69, 9.17) is 18.9 Å². The number of rotatable bonds is 2. The molecule has 5 nitrogen and oxygen atoms in total. The Kier molecular flexibility index (Phi) is 2.55. The topological polar surface area (TPSA) is 57.2 Å². The summed E-state index contributed by atoms with van der Waals surface area (Å²) in [6.07, 6.45) is 1.16. The van der Waals surface area contributed by atoms with Gasteiger partial charge in [-0.1, -0.05) is 0 Å². The second-order valence-electron chi connectivity index (χ2n) is 5.62. The van der Waals surface area contributed by atoms with Crippen molar-refractivity contribution in [1.29, 1.82) is 0 Å². The summed E-state index contributed by atoms with van der Waals surface area (Å²) < 4.78 is 23.1. The van der Waals surface area contributed by atoms with Crippen molar-refractivity contribution in [1.82, 2.24) is 0 Å². The molecule has 2 saturated heterocycles. The molecule has 3 fully saturated rings. The van der Waals surface area contributed by atoms with Gasteiger partial charge in [0.1, 0.15) is 17.8 Å². The Labute approximate surface area is 101 Å². The summed E-state index contributed by atoms with van der Waals surface area (Å²) in [6, 6.07) is 0. The second kappa shape index (κ2) is 3.65. The number of aliphatic hydroxyl groups excluding tert-OH is 1. The van der Waals surface area contributed by atoms with E-state index in [0.717, 1.165) is 12.8 Å². The van der Waals surface area contributed by atoms with Crippen LogP contribution in [0.5, 0.6) is 0 Å². The van der Waals surface area contributed by atoms with Gasteiger partial charge in [-0.05, 0) is 26.7 Å². The summed E-state index contributed by atoms with van der Waals surface area (Å²) in [5.41, 5.74) is -0.409. The Morgan fingerprint density at radius 3 is 2.59 bits per heavy atom. The van der Waals surface area contributed by atoms with Gasteiger partial charge in [0, 0.05) is 19.6 Å². The zero-order chi connectivity index (χ0) is 12.3. The van der Waals surface area contributed by atoms with Crippen molar-refractivity contribution < 1.29 is 24.1 Å². The molecule has 3 aliphatic rings. The molecule has 5 heteroatoms. The van der Waals surface area contributed by atoms with Crippen LogP contribution in [0.2, 0.25) is 0 Å². The SMILES string of the molecule is CO[C@@H]1O[C@@]2(CC[C@H]2CO)C2OC(C)(C)O[C@@H]21. The van der Waals surface area contributed by atoms with Gasteiger partial charge in [-0.25, -0.2) is 0 Å². The maximum absolute atomic E-state index is 9.40. The lowest BCUT2D eigenvalue weighted by molar-refractivity contribution is -0.282. The van der Waals surface area contributed by atoms with Crippen molar-refractivity contribution in [3.8, 4) is 0 Å². The third-order valence-corrected chi connectivity index (χ3v) is 4.24. The first-order valence-electron chi connectivity index (χ1n) is 6.19. The molecular formula is C12H20O5. The molecule has 5 atom stereocenters. The van der Waals surface area contributed by atoms with Gasteiger partial charge in [0.05, 0.1) is 0 Å². The van der Waals surface area contributed by atoms with Crippen LogP contribution < -0.4 is 0 Å². The van der Waals surface area contributed by atoms with Crippen molar-refractivity contribution in [3.05, 3.63) is 0 Å². The van der Waals surface area contributed by atoms with Gasteiger partial charge >= 0.3 is 0 Å². The molecule has 0 bridgehead atoms. The van der Waals surface area contributed by atoms with E-state index in [9.17, 15) is 5.11 Å². The van der Waals surface area contributed by atoms with Crippen LogP contribution in [0.3, 0.4) is 0 Å². The minimum atomic E-state index is -0.599. The molecule has 98 valence electrons.